The number of rotatable bonds is 3. The number of nitrogens with one attached hydrogen (secondary N) is 1. The van der Waals surface area contributed by atoms with Crippen molar-refractivity contribution in [2.24, 2.45) is 0 Å². The fourth-order valence-electron chi connectivity index (χ4n) is 2.92. The maximum absolute atomic E-state index is 12.3. The average molecular weight is 296 g/mol. The van der Waals surface area contributed by atoms with Gasteiger partial charge in [0.05, 0.1) is 35.9 Å². The number of pyridine rings is 1. The van der Waals surface area contributed by atoms with E-state index in [1.54, 1.807) is 12.3 Å². The second-order valence-corrected chi connectivity index (χ2v) is 5.69. The molecule has 2 saturated heterocycles. The number of aromatic nitrogens is 1. The summed E-state index contributed by atoms with van der Waals surface area (Å²) in [6, 6.07) is 1.95. The molecule has 0 aromatic carbocycles. The Morgan fingerprint density at radius 1 is 1.40 bits per heavy atom. The van der Waals surface area contributed by atoms with Crippen LogP contribution in [0.2, 0.25) is 5.02 Å². The molecule has 20 heavy (non-hydrogen) atoms. The first-order valence-corrected chi connectivity index (χ1v) is 7.35. The summed E-state index contributed by atoms with van der Waals surface area (Å²) >= 11 is 6.00. The van der Waals surface area contributed by atoms with Crippen LogP contribution in [0.3, 0.4) is 0 Å². The molecule has 108 valence electrons. The molecular formula is C14H18ClN3O2. The van der Waals surface area contributed by atoms with Crippen LogP contribution in [-0.4, -0.2) is 54.2 Å². The highest BCUT2D eigenvalue weighted by Crippen LogP contribution is 2.20. The molecule has 2 atom stereocenters. The quantitative estimate of drug-likeness (QED) is 0.914. The molecule has 0 saturated carbocycles. The van der Waals surface area contributed by atoms with Gasteiger partial charge in [0, 0.05) is 12.4 Å². The van der Waals surface area contributed by atoms with Crippen LogP contribution in [0.1, 0.15) is 23.2 Å². The van der Waals surface area contributed by atoms with E-state index in [1.165, 1.54) is 19.0 Å². The van der Waals surface area contributed by atoms with E-state index in [9.17, 15) is 4.79 Å². The van der Waals surface area contributed by atoms with Crippen molar-refractivity contribution in [2.75, 3.05) is 26.3 Å². The lowest BCUT2D eigenvalue weighted by Gasteiger charge is -2.27. The van der Waals surface area contributed by atoms with Gasteiger partial charge in [-0.1, -0.05) is 11.6 Å². The van der Waals surface area contributed by atoms with E-state index in [-0.39, 0.29) is 18.0 Å². The van der Waals surface area contributed by atoms with Gasteiger partial charge in [0.1, 0.15) is 0 Å². The molecule has 0 spiro atoms. The second kappa shape index (κ2) is 6.08. The Bertz CT molecular complexity index is 491. The van der Waals surface area contributed by atoms with Crippen LogP contribution >= 0.6 is 11.6 Å². The second-order valence-electron chi connectivity index (χ2n) is 5.28. The third-order valence-corrected chi connectivity index (χ3v) is 4.29. The van der Waals surface area contributed by atoms with Crippen molar-refractivity contribution in [2.45, 2.75) is 24.9 Å². The highest BCUT2D eigenvalue weighted by Gasteiger charge is 2.35. The Morgan fingerprint density at radius 2 is 2.20 bits per heavy atom. The fraction of sp³-hybridized carbons (Fsp3) is 0.571. The number of halogens is 1. The van der Waals surface area contributed by atoms with Crippen LogP contribution in [0.15, 0.2) is 18.5 Å². The number of carbonyl (C=O) groups excluding carboxylic acids is 1. The van der Waals surface area contributed by atoms with Crippen LogP contribution in [0.25, 0.3) is 0 Å². The van der Waals surface area contributed by atoms with E-state index in [0.717, 1.165) is 13.1 Å². The molecule has 2 aliphatic heterocycles. The van der Waals surface area contributed by atoms with Gasteiger partial charge >= 0.3 is 0 Å². The van der Waals surface area contributed by atoms with Gasteiger partial charge in [-0.2, -0.15) is 0 Å². The van der Waals surface area contributed by atoms with Crippen LogP contribution in [-0.2, 0) is 4.74 Å². The van der Waals surface area contributed by atoms with Gasteiger partial charge in [0.2, 0.25) is 0 Å². The molecule has 1 aromatic rings. The summed E-state index contributed by atoms with van der Waals surface area (Å²) in [6.45, 7) is 3.44. The molecule has 0 unspecified atom stereocenters. The third-order valence-electron chi connectivity index (χ3n) is 3.99. The Balaban J connectivity index is 1.67. The van der Waals surface area contributed by atoms with Crippen LogP contribution in [0.5, 0.6) is 0 Å². The summed E-state index contributed by atoms with van der Waals surface area (Å²) in [5, 5.41) is 3.42. The molecule has 3 rings (SSSR count). The molecule has 1 amide bonds. The minimum atomic E-state index is -0.155. The lowest BCUT2D eigenvalue weighted by atomic mass is 10.1. The van der Waals surface area contributed by atoms with Crippen molar-refractivity contribution in [3.63, 3.8) is 0 Å². The minimum absolute atomic E-state index is 0.0323. The van der Waals surface area contributed by atoms with E-state index < -0.39 is 0 Å². The summed E-state index contributed by atoms with van der Waals surface area (Å²) in [7, 11) is 0. The molecule has 2 fully saturated rings. The number of carbonyl (C=O) groups is 1. The van der Waals surface area contributed by atoms with Crippen molar-refractivity contribution in [1.82, 2.24) is 15.2 Å². The zero-order valence-corrected chi connectivity index (χ0v) is 12.0. The van der Waals surface area contributed by atoms with Gasteiger partial charge in [0.25, 0.3) is 5.91 Å². The summed E-state index contributed by atoms with van der Waals surface area (Å²) in [6.07, 6.45) is 5.52. The predicted molar refractivity (Wildman–Crippen MR) is 75.9 cm³/mol. The largest absolute Gasteiger partial charge is 0.378 e. The minimum Gasteiger partial charge on any atom is -0.378 e. The fourth-order valence-corrected chi connectivity index (χ4v) is 3.12. The Hall–Kier alpha value is -1.17. The van der Waals surface area contributed by atoms with Gasteiger partial charge in [-0.3, -0.25) is 14.7 Å². The Kier molecular flexibility index (Phi) is 4.19. The average Bonchev–Trinajstić information content (AvgIpc) is 3.09. The van der Waals surface area contributed by atoms with E-state index >= 15 is 0 Å². The van der Waals surface area contributed by atoms with Crippen molar-refractivity contribution in [1.29, 1.82) is 0 Å². The van der Waals surface area contributed by atoms with Crippen LogP contribution in [0, 0.1) is 0 Å². The van der Waals surface area contributed by atoms with Crippen molar-refractivity contribution in [3.8, 4) is 0 Å². The highest BCUT2D eigenvalue weighted by molar-refractivity contribution is 6.33. The molecule has 1 aromatic heterocycles. The molecule has 2 aliphatic rings. The summed E-state index contributed by atoms with van der Waals surface area (Å²) < 4.78 is 5.55. The topological polar surface area (TPSA) is 54.5 Å². The summed E-state index contributed by atoms with van der Waals surface area (Å²) in [5.74, 6) is -0.155. The third kappa shape index (κ3) is 2.80. The van der Waals surface area contributed by atoms with Gasteiger partial charge in [-0.25, -0.2) is 0 Å². The Labute approximate surface area is 123 Å². The molecule has 3 heterocycles. The predicted octanol–water partition coefficient (Wildman–Crippen LogP) is 1.33. The smallest absolute Gasteiger partial charge is 0.253 e. The van der Waals surface area contributed by atoms with Crippen LogP contribution < -0.4 is 5.32 Å². The van der Waals surface area contributed by atoms with E-state index in [1.807, 2.05) is 0 Å². The first kappa shape index (κ1) is 13.8. The number of likely N-dealkylation sites (tertiary alicyclic amines) is 1. The van der Waals surface area contributed by atoms with Crippen molar-refractivity contribution < 1.29 is 9.53 Å². The monoisotopic (exact) mass is 295 g/mol. The maximum Gasteiger partial charge on any atom is 0.253 e. The number of nitrogens with zero attached hydrogens (tertiary/aromatic N) is 2. The van der Waals surface area contributed by atoms with Crippen molar-refractivity contribution >= 4 is 17.5 Å². The number of hydrogen-bond acceptors (Lipinski definition) is 4. The van der Waals surface area contributed by atoms with E-state index in [4.69, 9.17) is 16.3 Å². The molecule has 0 aliphatic carbocycles. The lowest BCUT2D eigenvalue weighted by Crippen LogP contribution is -2.50. The number of ether oxygens (including phenoxy) is 1. The standard InChI is InChI=1S/C14H18ClN3O2/c15-11-7-16-4-3-10(11)14(19)17-12-8-20-9-13(12)18-5-1-2-6-18/h3-4,7,12-13H,1-2,5-6,8-9H2,(H,17,19)/t12-,13-/m0/s1. The molecule has 0 radical (unpaired) electrons. The highest BCUT2D eigenvalue weighted by atomic mass is 35.5. The van der Waals surface area contributed by atoms with Gasteiger partial charge in [-0.15, -0.1) is 0 Å². The first-order valence-electron chi connectivity index (χ1n) is 6.98. The summed E-state index contributed by atoms with van der Waals surface area (Å²) in [4.78, 5) is 18.6. The molecule has 0 bridgehead atoms. The number of hydrogen-bond donors (Lipinski definition) is 1. The summed E-state index contributed by atoms with van der Waals surface area (Å²) in [5.41, 5.74) is 0.466. The van der Waals surface area contributed by atoms with Crippen molar-refractivity contribution in [3.05, 3.63) is 29.0 Å². The molecular weight excluding hydrogens is 278 g/mol. The molecule has 5 nitrogen and oxygen atoms in total. The number of amides is 1. The molecule has 1 N–H and O–H groups in total. The SMILES string of the molecule is O=C(N[C@H]1COC[C@@H]1N1CCCC1)c1ccncc1Cl. The normalized spacial score (nSPS) is 26.9. The lowest BCUT2D eigenvalue weighted by molar-refractivity contribution is 0.0916. The molecule has 6 heteroatoms. The zero-order chi connectivity index (χ0) is 13.9. The first-order chi connectivity index (χ1) is 9.75. The Morgan fingerprint density at radius 3 is 2.95 bits per heavy atom. The zero-order valence-electron chi connectivity index (χ0n) is 11.2. The van der Waals surface area contributed by atoms with E-state index in [0.29, 0.717) is 23.8 Å². The van der Waals surface area contributed by atoms with Gasteiger partial charge in [0.15, 0.2) is 0 Å². The van der Waals surface area contributed by atoms with Gasteiger partial charge in [-0.05, 0) is 32.0 Å². The van der Waals surface area contributed by atoms with Gasteiger partial charge < -0.3 is 10.1 Å². The van der Waals surface area contributed by atoms with Crippen LogP contribution in [0.4, 0.5) is 0 Å². The maximum atomic E-state index is 12.3. The van der Waals surface area contributed by atoms with E-state index in [2.05, 4.69) is 15.2 Å².